The van der Waals surface area contributed by atoms with Gasteiger partial charge in [-0.3, -0.25) is 9.59 Å². The Morgan fingerprint density at radius 2 is 1.14 bits per heavy atom. The summed E-state index contributed by atoms with van der Waals surface area (Å²) in [6.07, 6.45) is 0.737. The zero-order valence-electron chi connectivity index (χ0n) is 15.1. The number of thioether (sulfide) groups is 2. The molecule has 0 atom stereocenters. The first-order valence-corrected chi connectivity index (χ1v) is 9.96. The lowest BCUT2D eigenvalue weighted by Gasteiger charge is -2.05. The molecule has 0 N–H and O–H groups in total. The zero-order valence-corrected chi connectivity index (χ0v) is 16.7. The van der Waals surface area contributed by atoms with Crippen LogP contribution in [0.25, 0.3) is 0 Å². The van der Waals surface area contributed by atoms with Crippen molar-refractivity contribution in [2.75, 3.05) is 11.5 Å². The second kappa shape index (κ2) is 13.7. The molecule has 0 heterocycles. The first kappa shape index (κ1) is 23.3. The van der Waals surface area contributed by atoms with Crippen LogP contribution in [-0.4, -0.2) is 33.6 Å². The Kier molecular flexibility index (Phi) is 15.2. The number of carbonyl (C=O) groups is 2. The average molecular weight is 335 g/mol. The summed E-state index contributed by atoms with van der Waals surface area (Å²) in [4.78, 5) is 22.1. The van der Waals surface area contributed by atoms with Gasteiger partial charge >= 0.3 is 0 Å². The largest absolute Gasteiger partial charge is 0.299 e. The summed E-state index contributed by atoms with van der Waals surface area (Å²) in [5, 5.41) is 1.22. The molecular weight excluding hydrogens is 300 g/mol. The van der Waals surface area contributed by atoms with E-state index in [9.17, 15) is 9.59 Å². The normalized spacial score (nSPS) is 11.0. The molecule has 0 rings (SSSR count). The Labute approximate surface area is 140 Å². The summed E-state index contributed by atoms with van der Waals surface area (Å²) in [7, 11) is 0. The summed E-state index contributed by atoms with van der Waals surface area (Å²) in [6, 6.07) is 0. The summed E-state index contributed by atoms with van der Waals surface area (Å²) in [6.45, 7) is 16.3. The van der Waals surface area contributed by atoms with Gasteiger partial charge < -0.3 is 0 Å². The van der Waals surface area contributed by atoms with Gasteiger partial charge in [-0.2, -0.15) is 23.5 Å². The first-order chi connectivity index (χ1) is 9.57. The molecule has 0 aromatic carbocycles. The van der Waals surface area contributed by atoms with Crippen molar-refractivity contribution >= 4 is 35.1 Å². The van der Waals surface area contributed by atoms with E-state index >= 15 is 0 Å². The molecule has 0 aromatic rings. The second-order valence-electron chi connectivity index (χ2n) is 6.27. The summed E-state index contributed by atoms with van der Waals surface area (Å²) >= 11 is 3.57. The van der Waals surface area contributed by atoms with Crippen molar-refractivity contribution in [3.8, 4) is 0 Å². The number of Topliss-reactive ketones (excluding diaryl/α,β-unsaturated/α-hetero) is 2. The fourth-order valence-electron chi connectivity index (χ4n) is 1.10. The van der Waals surface area contributed by atoms with Gasteiger partial charge in [0.2, 0.25) is 0 Å². The fourth-order valence-corrected chi connectivity index (χ4v) is 2.72. The quantitative estimate of drug-likeness (QED) is 0.588. The minimum Gasteiger partial charge on any atom is -0.299 e. The van der Waals surface area contributed by atoms with Gasteiger partial charge in [-0.1, -0.05) is 55.4 Å². The molecule has 0 bridgehead atoms. The van der Waals surface area contributed by atoms with E-state index in [4.69, 9.17) is 0 Å². The predicted molar refractivity (Wildman–Crippen MR) is 99.5 cm³/mol. The van der Waals surface area contributed by atoms with Crippen LogP contribution in [0, 0.1) is 11.8 Å². The maximum atomic E-state index is 11.1. The highest BCUT2D eigenvalue weighted by molar-refractivity contribution is 8.00. The molecule has 126 valence electrons. The van der Waals surface area contributed by atoms with Gasteiger partial charge in [0.25, 0.3) is 0 Å². The molecule has 0 amide bonds. The van der Waals surface area contributed by atoms with E-state index < -0.39 is 0 Å². The van der Waals surface area contributed by atoms with Gasteiger partial charge in [0, 0.05) is 24.0 Å². The molecular formula is C17H34O2S2. The molecule has 0 aliphatic rings. The molecule has 0 aliphatic heterocycles. The monoisotopic (exact) mass is 334 g/mol. The lowest BCUT2D eigenvalue weighted by atomic mass is 10.1. The first-order valence-electron chi connectivity index (χ1n) is 7.86. The van der Waals surface area contributed by atoms with Crippen molar-refractivity contribution in [3.05, 3.63) is 0 Å². The van der Waals surface area contributed by atoms with Crippen LogP contribution in [0.4, 0.5) is 0 Å². The SMILES string of the molecule is CC(C)SCC(=O)C(C)C.CC(C)SCCC(=O)C(C)C. The van der Waals surface area contributed by atoms with Gasteiger partial charge in [-0.15, -0.1) is 0 Å². The molecule has 0 aliphatic carbocycles. The molecule has 21 heavy (non-hydrogen) atoms. The third-order valence-electron chi connectivity index (χ3n) is 2.65. The molecule has 0 saturated carbocycles. The maximum absolute atomic E-state index is 11.1. The van der Waals surface area contributed by atoms with Crippen LogP contribution in [0.3, 0.4) is 0 Å². The van der Waals surface area contributed by atoms with E-state index in [0.29, 0.717) is 27.8 Å². The molecule has 4 heteroatoms. The molecule has 0 spiro atoms. The lowest BCUT2D eigenvalue weighted by Crippen LogP contribution is -2.10. The number of hydrogen-bond acceptors (Lipinski definition) is 4. The summed E-state index contributed by atoms with van der Waals surface area (Å²) in [5.74, 6) is 2.81. The highest BCUT2D eigenvalue weighted by atomic mass is 32.2. The van der Waals surface area contributed by atoms with Crippen LogP contribution < -0.4 is 0 Å². The average Bonchev–Trinajstić information content (AvgIpc) is 2.35. The standard InChI is InChI=1S/C9H18OS.C8H16OS/c1-7(2)9(10)5-6-11-8(3)4;1-6(2)8(9)5-10-7(3)4/h7-8H,5-6H2,1-4H3;6-7H,5H2,1-4H3. The topological polar surface area (TPSA) is 34.1 Å². The van der Waals surface area contributed by atoms with Crippen LogP contribution in [0.15, 0.2) is 0 Å². The fraction of sp³-hybridized carbons (Fsp3) is 0.882. The van der Waals surface area contributed by atoms with Crippen molar-refractivity contribution in [1.29, 1.82) is 0 Å². The van der Waals surface area contributed by atoms with Crippen molar-refractivity contribution in [2.24, 2.45) is 11.8 Å². The van der Waals surface area contributed by atoms with E-state index in [-0.39, 0.29) is 11.8 Å². The zero-order chi connectivity index (χ0) is 17.0. The molecule has 0 unspecified atom stereocenters. The van der Waals surface area contributed by atoms with Gasteiger partial charge in [0.15, 0.2) is 0 Å². The highest BCUT2D eigenvalue weighted by Crippen LogP contribution is 2.12. The minimum absolute atomic E-state index is 0.200. The van der Waals surface area contributed by atoms with Crippen LogP contribution in [-0.2, 0) is 9.59 Å². The van der Waals surface area contributed by atoms with Gasteiger partial charge in [0.05, 0.1) is 5.75 Å². The van der Waals surface area contributed by atoms with Crippen molar-refractivity contribution in [1.82, 2.24) is 0 Å². The van der Waals surface area contributed by atoms with Crippen LogP contribution in [0.5, 0.6) is 0 Å². The smallest absolute Gasteiger partial charge is 0.145 e. The Hall–Kier alpha value is 0.0400. The van der Waals surface area contributed by atoms with Crippen LogP contribution in [0.1, 0.15) is 61.8 Å². The van der Waals surface area contributed by atoms with Gasteiger partial charge in [-0.25, -0.2) is 0 Å². The Bertz CT molecular complexity index is 285. The van der Waals surface area contributed by atoms with E-state index in [1.807, 2.05) is 39.5 Å². The number of rotatable bonds is 9. The lowest BCUT2D eigenvalue weighted by molar-refractivity contribution is -0.121. The van der Waals surface area contributed by atoms with E-state index in [1.165, 1.54) is 0 Å². The number of carbonyl (C=O) groups excluding carboxylic acids is 2. The Morgan fingerprint density at radius 3 is 1.48 bits per heavy atom. The molecule has 0 fully saturated rings. The second-order valence-corrected chi connectivity index (χ2v) is 9.52. The Balaban J connectivity index is 0. The van der Waals surface area contributed by atoms with Crippen molar-refractivity contribution in [3.63, 3.8) is 0 Å². The maximum Gasteiger partial charge on any atom is 0.145 e. The third-order valence-corrected chi connectivity index (χ3v) is 4.87. The minimum atomic E-state index is 0.200. The van der Waals surface area contributed by atoms with Crippen LogP contribution >= 0.6 is 23.5 Å². The van der Waals surface area contributed by atoms with Crippen molar-refractivity contribution < 1.29 is 9.59 Å². The molecule has 0 aromatic heterocycles. The van der Waals surface area contributed by atoms with E-state index in [2.05, 4.69) is 27.7 Å². The summed E-state index contributed by atoms with van der Waals surface area (Å²) in [5.41, 5.74) is 0. The number of ketones is 2. The highest BCUT2D eigenvalue weighted by Gasteiger charge is 2.07. The predicted octanol–water partition coefficient (Wildman–Crippen LogP) is 5.10. The molecule has 0 radical (unpaired) electrons. The Morgan fingerprint density at radius 1 is 0.714 bits per heavy atom. The van der Waals surface area contributed by atoms with E-state index in [0.717, 1.165) is 12.2 Å². The number of hydrogen-bond donors (Lipinski definition) is 0. The van der Waals surface area contributed by atoms with E-state index in [1.54, 1.807) is 11.8 Å². The third kappa shape index (κ3) is 18.0. The summed E-state index contributed by atoms with van der Waals surface area (Å²) < 4.78 is 0. The van der Waals surface area contributed by atoms with Crippen molar-refractivity contribution in [2.45, 2.75) is 72.3 Å². The molecule has 2 nitrogen and oxygen atoms in total. The molecule has 0 saturated heterocycles. The van der Waals surface area contributed by atoms with Gasteiger partial charge in [0.1, 0.15) is 11.6 Å². The van der Waals surface area contributed by atoms with Crippen LogP contribution in [0.2, 0.25) is 0 Å². The van der Waals surface area contributed by atoms with Gasteiger partial charge in [-0.05, 0) is 10.5 Å².